The van der Waals surface area contributed by atoms with Crippen LogP contribution in [0.25, 0.3) is 72.0 Å². The summed E-state index contributed by atoms with van der Waals surface area (Å²) in [5, 5.41) is 2.55. The number of rotatable bonds is 7. The Hall–Kier alpha value is -7.42. The molecule has 0 N–H and O–H groups in total. The molecule has 0 aliphatic heterocycles. The zero-order valence-corrected chi connectivity index (χ0v) is 33.2. The minimum Gasteiger partial charge on any atom is -0.311 e. The zero-order chi connectivity index (χ0) is 39.5. The highest BCUT2D eigenvalue weighted by molar-refractivity contribution is 6.09. The van der Waals surface area contributed by atoms with E-state index in [9.17, 15) is 0 Å². The van der Waals surface area contributed by atoms with E-state index in [0.29, 0.717) is 0 Å². The number of aromatic nitrogens is 1. The summed E-state index contributed by atoms with van der Waals surface area (Å²) in [4.78, 5) is 2.36. The summed E-state index contributed by atoms with van der Waals surface area (Å²) in [6, 6.07) is 79.6. The lowest BCUT2D eigenvalue weighted by atomic mass is 9.79. The largest absolute Gasteiger partial charge is 0.311 e. The molecule has 0 amide bonds. The summed E-state index contributed by atoms with van der Waals surface area (Å²) in [7, 11) is 0. The second-order valence-corrected chi connectivity index (χ2v) is 16.2. The van der Waals surface area contributed by atoms with E-state index in [1.807, 2.05) is 0 Å². The van der Waals surface area contributed by atoms with Gasteiger partial charge in [-0.15, -0.1) is 0 Å². The maximum atomic E-state index is 2.37. The summed E-state index contributed by atoms with van der Waals surface area (Å²) in [6.07, 6.45) is 0. The summed E-state index contributed by atoms with van der Waals surface area (Å²) >= 11 is 0. The van der Waals surface area contributed by atoms with Crippen LogP contribution in [0.1, 0.15) is 25.0 Å². The van der Waals surface area contributed by atoms with Crippen molar-refractivity contribution in [2.24, 2.45) is 0 Å². The Labute approximate surface area is 345 Å². The minimum absolute atomic E-state index is 0.0825. The van der Waals surface area contributed by atoms with Crippen molar-refractivity contribution < 1.29 is 0 Å². The molecular formula is C57H42N2. The highest BCUT2D eigenvalue weighted by atomic mass is 15.1. The number of hydrogen-bond donors (Lipinski definition) is 0. The second-order valence-electron chi connectivity index (χ2n) is 16.2. The molecule has 0 fully saturated rings. The lowest BCUT2D eigenvalue weighted by Crippen LogP contribution is -2.16. The van der Waals surface area contributed by atoms with Crippen LogP contribution in [0.15, 0.2) is 218 Å². The van der Waals surface area contributed by atoms with Crippen LogP contribution in [0.2, 0.25) is 0 Å². The maximum Gasteiger partial charge on any atom is 0.0541 e. The Bertz CT molecular complexity index is 3080. The zero-order valence-electron chi connectivity index (χ0n) is 33.2. The fourth-order valence-electron chi connectivity index (χ4n) is 9.57. The van der Waals surface area contributed by atoms with Gasteiger partial charge in [0.15, 0.2) is 0 Å². The van der Waals surface area contributed by atoms with Crippen LogP contribution < -0.4 is 4.90 Å². The Balaban J connectivity index is 0.946. The summed E-state index contributed by atoms with van der Waals surface area (Å²) in [5.41, 5.74) is 19.6. The van der Waals surface area contributed by atoms with Gasteiger partial charge in [0.1, 0.15) is 0 Å². The van der Waals surface area contributed by atoms with Gasteiger partial charge in [0, 0.05) is 38.9 Å². The van der Waals surface area contributed by atoms with Crippen molar-refractivity contribution in [2.45, 2.75) is 19.3 Å². The monoisotopic (exact) mass is 754 g/mol. The number of nitrogens with zero attached hydrogens (tertiary/aromatic N) is 2. The van der Waals surface area contributed by atoms with Gasteiger partial charge >= 0.3 is 0 Å². The molecule has 0 spiro atoms. The molecule has 2 heteroatoms. The third-order valence-corrected chi connectivity index (χ3v) is 12.4. The van der Waals surface area contributed by atoms with Crippen molar-refractivity contribution in [2.75, 3.05) is 4.90 Å². The minimum atomic E-state index is -0.0825. The molecule has 2 nitrogen and oxygen atoms in total. The van der Waals surface area contributed by atoms with Crippen molar-refractivity contribution in [1.29, 1.82) is 0 Å². The van der Waals surface area contributed by atoms with E-state index >= 15 is 0 Å². The molecule has 9 aromatic carbocycles. The Kier molecular flexibility index (Phi) is 8.20. The average molecular weight is 755 g/mol. The SMILES string of the molecule is CC1(C)c2ccccc2-c2cccc(-c3ccc(N(c4ccc(-c5ccccc5)cc4)c4ccc(-c5ccc(-n6c7ccccc7c7ccccc76)cc5)cc4)cc3)c21. The molecule has 0 saturated carbocycles. The molecular weight excluding hydrogens is 713 g/mol. The van der Waals surface area contributed by atoms with Gasteiger partial charge in [0.05, 0.1) is 11.0 Å². The molecule has 0 unspecified atom stereocenters. The first-order valence-electron chi connectivity index (χ1n) is 20.5. The van der Waals surface area contributed by atoms with Crippen LogP contribution in [0.3, 0.4) is 0 Å². The smallest absolute Gasteiger partial charge is 0.0541 e. The van der Waals surface area contributed by atoms with Crippen molar-refractivity contribution in [3.05, 3.63) is 230 Å². The highest BCUT2D eigenvalue weighted by Crippen LogP contribution is 2.52. The lowest BCUT2D eigenvalue weighted by Gasteiger charge is -2.27. The number of hydrogen-bond acceptors (Lipinski definition) is 1. The molecule has 280 valence electrons. The van der Waals surface area contributed by atoms with Gasteiger partial charge in [-0.25, -0.2) is 0 Å². The molecule has 1 heterocycles. The van der Waals surface area contributed by atoms with Crippen molar-refractivity contribution in [3.63, 3.8) is 0 Å². The highest BCUT2D eigenvalue weighted by Gasteiger charge is 2.37. The van der Waals surface area contributed by atoms with E-state index < -0.39 is 0 Å². The van der Waals surface area contributed by atoms with Crippen molar-refractivity contribution in [1.82, 2.24) is 4.57 Å². The van der Waals surface area contributed by atoms with E-state index in [2.05, 4.69) is 242 Å². The van der Waals surface area contributed by atoms with Crippen LogP contribution >= 0.6 is 0 Å². The van der Waals surface area contributed by atoms with Crippen LogP contribution in [-0.2, 0) is 5.41 Å². The standard InChI is InChI=1S/C57H42N2/c1-57(2)53-20-9-6-15-49(53)52-19-12-18-48(56(52)57)43-29-37-46(38-30-43)58(44-31-23-40(24-32-44)39-13-4-3-5-14-39)45-33-25-41(26-34-45)42-27-35-47(36-28-42)59-54-21-10-7-16-50(54)51-17-8-11-22-55(51)59/h3-38H,1-2H3. The molecule has 11 rings (SSSR count). The summed E-state index contributed by atoms with van der Waals surface area (Å²) in [5.74, 6) is 0. The third kappa shape index (κ3) is 5.79. The Morgan fingerprint density at radius 2 is 0.763 bits per heavy atom. The predicted octanol–water partition coefficient (Wildman–Crippen LogP) is 15.6. The van der Waals surface area contributed by atoms with Crippen molar-refractivity contribution >= 4 is 38.9 Å². The van der Waals surface area contributed by atoms with Crippen LogP contribution in [-0.4, -0.2) is 4.57 Å². The van der Waals surface area contributed by atoms with Gasteiger partial charge < -0.3 is 9.47 Å². The Morgan fingerprint density at radius 3 is 1.34 bits per heavy atom. The number of anilines is 3. The fourth-order valence-corrected chi connectivity index (χ4v) is 9.57. The van der Waals surface area contributed by atoms with E-state index in [1.165, 1.54) is 77.4 Å². The average Bonchev–Trinajstić information content (AvgIpc) is 3.76. The number of benzene rings is 9. The first-order valence-corrected chi connectivity index (χ1v) is 20.5. The third-order valence-electron chi connectivity index (χ3n) is 12.4. The van der Waals surface area contributed by atoms with Gasteiger partial charge in [-0.3, -0.25) is 0 Å². The maximum absolute atomic E-state index is 2.37. The normalized spacial score (nSPS) is 12.7. The van der Waals surface area contributed by atoms with E-state index in [4.69, 9.17) is 0 Å². The van der Waals surface area contributed by atoms with Crippen LogP contribution in [0.4, 0.5) is 17.1 Å². The number of para-hydroxylation sites is 2. The van der Waals surface area contributed by atoms with Gasteiger partial charge in [-0.2, -0.15) is 0 Å². The first-order chi connectivity index (χ1) is 29.0. The first kappa shape index (κ1) is 34.8. The Morgan fingerprint density at radius 1 is 0.339 bits per heavy atom. The summed E-state index contributed by atoms with van der Waals surface area (Å²) in [6.45, 7) is 4.72. The molecule has 1 aliphatic rings. The predicted molar refractivity (Wildman–Crippen MR) is 249 cm³/mol. The molecule has 1 aromatic heterocycles. The van der Waals surface area contributed by atoms with E-state index in [0.717, 1.165) is 22.7 Å². The van der Waals surface area contributed by atoms with E-state index in [1.54, 1.807) is 0 Å². The molecule has 1 aliphatic carbocycles. The molecule has 0 atom stereocenters. The van der Waals surface area contributed by atoms with E-state index in [-0.39, 0.29) is 5.41 Å². The summed E-state index contributed by atoms with van der Waals surface area (Å²) < 4.78 is 2.37. The fraction of sp³-hybridized carbons (Fsp3) is 0.0526. The van der Waals surface area contributed by atoms with Crippen LogP contribution in [0.5, 0.6) is 0 Å². The molecule has 10 aromatic rings. The number of fused-ring (bicyclic) bond motifs is 6. The molecule has 0 bridgehead atoms. The quantitative estimate of drug-likeness (QED) is 0.157. The second kappa shape index (κ2) is 13.9. The lowest BCUT2D eigenvalue weighted by molar-refractivity contribution is 0.662. The molecule has 0 radical (unpaired) electrons. The molecule has 59 heavy (non-hydrogen) atoms. The topological polar surface area (TPSA) is 8.17 Å². The van der Waals surface area contributed by atoms with Gasteiger partial charge in [-0.1, -0.05) is 172 Å². The molecule has 0 saturated heterocycles. The van der Waals surface area contributed by atoms with Gasteiger partial charge in [0.2, 0.25) is 0 Å². The van der Waals surface area contributed by atoms with Gasteiger partial charge in [0.25, 0.3) is 0 Å². The van der Waals surface area contributed by atoms with Gasteiger partial charge in [-0.05, 0) is 116 Å². The van der Waals surface area contributed by atoms with Crippen molar-refractivity contribution in [3.8, 4) is 50.2 Å². The van der Waals surface area contributed by atoms with Crippen LogP contribution in [0, 0.1) is 0 Å².